The second-order valence-corrected chi connectivity index (χ2v) is 3.69. The zero-order valence-corrected chi connectivity index (χ0v) is 8.76. The van der Waals surface area contributed by atoms with E-state index < -0.39 is 31.1 Å². The van der Waals surface area contributed by atoms with E-state index in [1.807, 2.05) is 0 Å². The van der Waals surface area contributed by atoms with Crippen molar-refractivity contribution >= 4 is 5.84 Å². The molecule has 17 heavy (non-hydrogen) atoms. The molecule has 1 unspecified atom stereocenters. The quantitative estimate of drug-likeness (QED) is 0.283. The van der Waals surface area contributed by atoms with Crippen LogP contribution in [0, 0.1) is 5.41 Å². The van der Waals surface area contributed by atoms with Gasteiger partial charge >= 0.3 is 0 Å². The summed E-state index contributed by atoms with van der Waals surface area (Å²) in [6.07, 6.45) is -3.02. The number of aromatic nitrogens is 3. The molecule has 6 N–H and O–H groups in total. The number of nitrogens with zero attached hydrogens (tertiary/aromatic N) is 3. The molecule has 1 aliphatic rings. The molecular formula is C8H13N5O4. The molecule has 0 amide bonds. The minimum Gasteiger partial charge on any atom is -0.394 e. The maximum Gasteiger partial charge on any atom is 0.215 e. The Morgan fingerprint density at radius 2 is 2.24 bits per heavy atom. The Morgan fingerprint density at radius 1 is 1.53 bits per heavy atom. The first kappa shape index (κ1) is 11.9. The molecule has 0 spiro atoms. The van der Waals surface area contributed by atoms with Gasteiger partial charge in [-0.3, -0.25) is 5.41 Å². The monoisotopic (exact) mass is 243 g/mol. The maximum absolute atomic E-state index is 9.70. The van der Waals surface area contributed by atoms with Crippen LogP contribution in [0.5, 0.6) is 0 Å². The Balaban J connectivity index is 2.19. The van der Waals surface area contributed by atoms with Crippen LogP contribution in [0.25, 0.3) is 0 Å². The fourth-order valence-corrected chi connectivity index (χ4v) is 1.62. The predicted molar refractivity (Wildman–Crippen MR) is 54.0 cm³/mol. The first-order valence-corrected chi connectivity index (χ1v) is 4.92. The lowest BCUT2D eigenvalue weighted by molar-refractivity contribution is -0.0588. The summed E-state index contributed by atoms with van der Waals surface area (Å²) < 4.78 is 6.37. The molecule has 1 saturated heterocycles. The molecule has 0 bridgehead atoms. The van der Waals surface area contributed by atoms with Crippen molar-refractivity contribution in [1.29, 1.82) is 5.41 Å². The number of hydrogen-bond donors (Lipinski definition) is 5. The van der Waals surface area contributed by atoms with E-state index in [0.717, 1.165) is 4.68 Å². The van der Waals surface area contributed by atoms with Gasteiger partial charge in [-0.15, -0.1) is 5.10 Å². The number of amidine groups is 1. The minimum atomic E-state index is -1.23. The van der Waals surface area contributed by atoms with Gasteiger partial charge in [0.25, 0.3) is 0 Å². The summed E-state index contributed by atoms with van der Waals surface area (Å²) in [5.41, 5.74) is 5.19. The fourth-order valence-electron chi connectivity index (χ4n) is 1.62. The second kappa shape index (κ2) is 4.37. The lowest BCUT2D eigenvalue weighted by atomic mass is 10.1. The average molecular weight is 243 g/mol. The van der Waals surface area contributed by atoms with Crippen LogP contribution < -0.4 is 5.73 Å². The molecule has 0 aromatic carbocycles. The van der Waals surface area contributed by atoms with Gasteiger partial charge in [0.1, 0.15) is 24.6 Å². The highest BCUT2D eigenvalue weighted by Crippen LogP contribution is 2.28. The lowest BCUT2D eigenvalue weighted by Gasteiger charge is -2.13. The van der Waals surface area contributed by atoms with Crippen LogP contribution in [-0.2, 0) is 4.74 Å². The van der Waals surface area contributed by atoms with E-state index in [1.54, 1.807) is 0 Å². The van der Waals surface area contributed by atoms with Crippen molar-refractivity contribution in [3.8, 4) is 0 Å². The van der Waals surface area contributed by atoms with E-state index in [9.17, 15) is 10.2 Å². The van der Waals surface area contributed by atoms with E-state index >= 15 is 0 Å². The first-order valence-electron chi connectivity index (χ1n) is 4.92. The van der Waals surface area contributed by atoms with Gasteiger partial charge in [-0.05, 0) is 0 Å². The molecular weight excluding hydrogens is 230 g/mol. The standard InChI is InChI=1S/C8H13N5O4/c9-6(10)7-11-2-13(12-7)8-5(16)4(15)3(1-14)17-8/h2-5,8,14-16H,1H2,(H3,9,10)/t3-,4-,5-,8?/m0/s1. The Kier molecular flexibility index (Phi) is 3.07. The summed E-state index contributed by atoms with van der Waals surface area (Å²) in [7, 11) is 0. The van der Waals surface area contributed by atoms with Gasteiger partial charge in [0.2, 0.25) is 5.82 Å². The van der Waals surface area contributed by atoms with Gasteiger partial charge < -0.3 is 25.8 Å². The van der Waals surface area contributed by atoms with Crippen LogP contribution in [0.2, 0.25) is 0 Å². The highest BCUT2D eigenvalue weighted by Gasteiger charge is 2.43. The Labute approximate surface area is 96.0 Å². The van der Waals surface area contributed by atoms with Crippen molar-refractivity contribution in [2.45, 2.75) is 24.5 Å². The number of aliphatic hydroxyl groups excluding tert-OH is 3. The highest BCUT2D eigenvalue weighted by atomic mass is 16.6. The second-order valence-electron chi connectivity index (χ2n) is 3.69. The Hall–Kier alpha value is -1.55. The molecule has 1 fully saturated rings. The molecule has 0 saturated carbocycles. The number of hydrogen-bond acceptors (Lipinski definition) is 7. The molecule has 2 rings (SSSR count). The fraction of sp³-hybridized carbons (Fsp3) is 0.625. The maximum atomic E-state index is 9.70. The van der Waals surface area contributed by atoms with E-state index in [-0.39, 0.29) is 11.7 Å². The molecule has 4 atom stereocenters. The Morgan fingerprint density at radius 3 is 2.71 bits per heavy atom. The number of nitrogens with two attached hydrogens (primary N) is 1. The van der Waals surface area contributed by atoms with Gasteiger partial charge in [0.15, 0.2) is 12.1 Å². The minimum absolute atomic E-state index is 0.00254. The number of aliphatic hydroxyl groups is 3. The summed E-state index contributed by atoms with van der Waals surface area (Å²) in [6, 6.07) is 0. The molecule has 1 aromatic heterocycles. The zero-order chi connectivity index (χ0) is 12.6. The molecule has 1 aliphatic heterocycles. The largest absolute Gasteiger partial charge is 0.394 e. The molecule has 2 heterocycles. The van der Waals surface area contributed by atoms with Crippen molar-refractivity contribution in [3.05, 3.63) is 12.2 Å². The van der Waals surface area contributed by atoms with E-state index in [2.05, 4.69) is 10.1 Å². The highest BCUT2D eigenvalue weighted by molar-refractivity contribution is 5.90. The van der Waals surface area contributed by atoms with Crippen LogP contribution in [-0.4, -0.2) is 60.8 Å². The smallest absolute Gasteiger partial charge is 0.215 e. The summed E-state index contributed by atoms with van der Waals surface area (Å²) in [5.74, 6) is -0.307. The van der Waals surface area contributed by atoms with E-state index in [4.69, 9.17) is 21.0 Å². The van der Waals surface area contributed by atoms with Gasteiger partial charge in [-0.25, -0.2) is 9.67 Å². The molecule has 0 aliphatic carbocycles. The van der Waals surface area contributed by atoms with Crippen LogP contribution in [0.15, 0.2) is 6.33 Å². The number of nitrogen functional groups attached to an aromatic ring is 1. The van der Waals surface area contributed by atoms with Crippen molar-refractivity contribution in [3.63, 3.8) is 0 Å². The summed E-state index contributed by atoms with van der Waals surface area (Å²) in [4.78, 5) is 3.74. The van der Waals surface area contributed by atoms with Crippen LogP contribution in [0.4, 0.5) is 0 Å². The molecule has 9 nitrogen and oxygen atoms in total. The summed E-state index contributed by atoms with van der Waals surface area (Å²) >= 11 is 0. The SMILES string of the molecule is N=C(N)c1ncn(C2O[C@@H](CO)[C@H](O)[C@@H]2O)n1. The summed E-state index contributed by atoms with van der Waals surface area (Å²) in [6.45, 7) is -0.414. The van der Waals surface area contributed by atoms with Gasteiger partial charge in [-0.1, -0.05) is 0 Å². The van der Waals surface area contributed by atoms with Gasteiger partial charge in [-0.2, -0.15) is 0 Å². The predicted octanol–water partition coefficient (Wildman–Crippen LogP) is -2.83. The lowest BCUT2D eigenvalue weighted by Crippen LogP contribution is -2.33. The molecule has 9 heteroatoms. The van der Waals surface area contributed by atoms with Crippen molar-refractivity contribution in [2.24, 2.45) is 5.73 Å². The number of ether oxygens (including phenoxy) is 1. The average Bonchev–Trinajstić information content (AvgIpc) is 2.87. The number of rotatable bonds is 3. The van der Waals surface area contributed by atoms with Crippen LogP contribution >= 0.6 is 0 Å². The van der Waals surface area contributed by atoms with Gasteiger partial charge in [0, 0.05) is 0 Å². The van der Waals surface area contributed by atoms with Crippen molar-refractivity contribution in [2.75, 3.05) is 6.61 Å². The van der Waals surface area contributed by atoms with Crippen LogP contribution in [0.1, 0.15) is 12.1 Å². The zero-order valence-electron chi connectivity index (χ0n) is 8.76. The normalized spacial score (nSPS) is 32.9. The van der Waals surface area contributed by atoms with Crippen molar-refractivity contribution < 1.29 is 20.1 Å². The van der Waals surface area contributed by atoms with E-state index in [0.29, 0.717) is 0 Å². The van der Waals surface area contributed by atoms with E-state index in [1.165, 1.54) is 6.33 Å². The molecule has 0 radical (unpaired) electrons. The molecule has 1 aromatic rings. The van der Waals surface area contributed by atoms with Crippen LogP contribution in [0.3, 0.4) is 0 Å². The number of nitrogens with one attached hydrogen (secondary N) is 1. The molecule has 94 valence electrons. The third kappa shape index (κ3) is 2.00. The van der Waals surface area contributed by atoms with Gasteiger partial charge in [0.05, 0.1) is 6.61 Å². The third-order valence-electron chi connectivity index (χ3n) is 2.53. The summed E-state index contributed by atoms with van der Waals surface area (Å²) in [5, 5.41) is 39.1. The first-order chi connectivity index (χ1) is 8.04. The topological polar surface area (TPSA) is 150 Å². The van der Waals surface area contributed by atoms with Crippen molar-refractivity contribution in [1.82, 2.24) is 14.8 Å². The third-order valence-corrected chi connectivity index (χ3v) is 2.53. The Bertz CT molecular complexity index is 422.